The Balaban J connectivity index is 1.66. The largest absolute Gasteiger partial charge is 0.497 e. The summed E-state index contributed by atoms with van der Waals surface area (Å²) in [5.74, 6) is -2.81. The Labute approximate surface area is 243 Å². The van der Waals surface area contributed by atoms with E-state index in [0.717, 1.165) is 27.6 Å². The number of para-hydroxylation sites is 1. The fourth-order valence-electron chi connectivity index (χ4n) is 7.38. The highest BCUT2D eigenvalue weighted by atomic mass is 16.5. The Morgan fingerprint density at radius 3 is 2.05 bits per heavy atom. The minimum absolute atomic E-state index is 0.170. The maximum absolute atomic E-state index is 15.1. The van der Waals surface area contributed by atoms with Gasteiger partial charge in [0.05, 0.1) is 13.7 Å². The van der Waals surface area contributed by atoms with Crippen LogP contribution in [0.4, 0.5) is 0 Å². The molecule has 42 heavy (non-hydrogen) atoms. The van der Waals surface area contributed by atoms with Gasteiger partial charge in [0.1, 0.15) is 17.1 Å². The minimum atomic E-state index is -1.64. The number of carbonyl (C=O) groups is 3. The Morgan fingerprint density at radius 2 is 1.40 bits per heavy atom. The highest BCUT2D eigenvalue weighted by Crippen LogP contribution is 2.66. The maximum atomic E-state index is 15.1. The normalized spacial score (nSPS) is 20.4. The molecule has 1 aromatic heterocycles. The SMILES string of the molecule is CCOC(=O)[C@H]1c2[nH]c3ccccc3c2[C@@H](c2ccc(OC)cc2)C2(C(=O)c3ccccc3C2=O)[C@@H]1c1ccccc1. The number of hydrogen-bond acceptors (Lipinski definition) is 5. The first-order chi connectivity index (χ1) is 20.5. The number of rotatable bonds is 5. The number of methoxy groups -OCH3 is 1. The van der Waals surface area contributed by atoms with Crippen molar-refractivity contribution in [2.75, 3.05) is 13.7 Å². The number of esters is 1. The van der Waals surface area contributed by atoms with Gasteiger partial charge in [-0.25, -0.2) is 0 Å². The van der Waals surface area contributed by atoms with Crippen LogP contribution in [0.15, 0.2) is 103 Å². The van der Waals surface area contributed by atoms with Crippen molar-refractivity contribution in [2.24, 2.45) is 5.41 Å². The predicted octanol–water partition coefficient (Wildman–Crippen LogP) is 6.82. The molecule has 0 amide bonds. The Hall–Kier alpha value is -4.97. The van der Waals surface area contributed by atoms with Gasteiger partial charge in [-0.2, -0.15) is 0 Å². The maximum Gasteiger partial charge on any atom is 0.315 e. The van der Waals surface area contributed by atoms with Gasteiger partial charge in [0.15, 0.2) is 11.6 Å². The molecule has 0 unspecified atom stereocenters. The van der Waals surface area contributed by atoms with Gasteiger partial charge in [-0.15, -0.1) is 0 Å². The number of Topliss-reactive ketones (excluding diaryl/α,β-unsaturated/α-hetero) is 2. The number of nitrogens with one attached hydrogen (secondary N) is 1. The summed E-state index contributed by atoms with van der Waals surface area (Å²) >= 11 is 0. The molecule has 0 radical (unpaired) electrons. The van der Waals surface area contributed by atoms with Crippen molar-refractivity contribution in [3.05, 3.63) is 137 Å². The van der Waals surface area contributed by atoms with Crippen molar-refractivity contribution < 1.29 is 23.9 Å². The number of aromatic amines is 1. The summed E-state index contributed by atoms with van der Waals surface area (Å²) in [4.78, 5) is 47.8. The lowest BCUT2D eigenvalue weighted by atomic mass is 9.50. The van der Waals surface area contributed by atoms with Crippen LogP contribution in [0.5, 0.6) is 5.75 Å². The molecule has 3 atom stereocenters. The minimum Gasteiger partial charge on any atom is -0.497 e. The monoisotopic (exact) mass is 555 g/mol. The zero-order chi connectivity index (χ0) is 29.0. The number of carbonyl (C=O) groups excluding carboxylic acids is 3. The first-order valence-corrected chi connectivity index (χ1v) is 14.2. The van der Waals surface area contributed by atoms with Crippen LogP contribution in [-0.2, 0) is 9.53 Å². The van der Waals surface area contributed by atoms with Gasteiger partial charge in [-0.05, 0) is 41.8 Å². The number of hydrogen-bond donors (Lipinski definition) is 1. The number of aromatic nitrogens is 1. The van der Waals surface area contributed by atoms with Crippen molar-refractivity contribution >= 4 is 28.4 Å². The molecule has 0 bridgehead atoms. The average molecular weight is 556 g/mol. The van der Waals surface area contributed by atoms with Crippen molar-refractivity contribution in [1.82, 2.24) is 4.98 Å². The van der Waals surface area contributed by atoms with Crippen molar-refractivity contribution in [2.45, 2.75) is 24.7 Å². The number of ketones is 2. The van der Waals surface area contributed by atoms with E-state index >= 15 is 9.59 Å². The second-order valence-electron chi connectivity index (χ2n) is 10.9. The predicted molar refractivity (Wildman–Crippen MR) is 159 cm³/mol. The molecular formula is C36H29NO5. The van der Waals surface area contributed by atoms with E-state index in [0.29, 0.717) is 22.6 Å². The lowest BCUT2D eigenvalue weighted by molar-refractivity contribution is -0.146. The summed E-state index contributed by atoms with van der Waals surface area (Å²) in [6, 6.07) is 31.8. The molecule has 6 heteroatoms. The molecule has 5 aromatic rings. The van der Waals surface area contributed by atoms with E-state index in [2.05, 4.69) is 4.98 Å². The topological polar surface area (TPSA) is 85.5 Å². The highest BCUT2D eigenvalue weighted by Gasteiger charge is 2.68. The molecule has 2 aliphatic carbocycles. The van der Waals surface area contributed by atoms with Gasteiger partial charge in [-0.3, -0.25) is 14.4 Å². The first kappa shape index (κ1) is 26.0. The van der Waals surface area contributed by atoms with Gasteiger partial charge in [0.2, 0.25) is 0 Å². The lowest BCUT2D eigenvalue weighted by Gasteiger charge is -2.48. The summed E-state index contributed by atoms with van der Waals surface area (Å²) < 4.78 is 11.2. The Bertz CT molecular complexity index is 1820. The molecular weight excluding hydrogens is 526 g/mol. The molecule has 7 rings (SSSR count). The Morgan fingerprint density at radius 1 is 0.786 bits per heavy atom. The van der Waals surface area contributed by atoms with Gasteiger partial charge in [0, 0.05) is 39.6 Å². The third kappa shape index (κ3) is 3.48. The zero-order valence-corrected chi connectivity index (χ0v) is 23.3. The average Bonchev–Trinajstić information content (AvgIpc) is 3.51. The smallest absolute Gasteiger partial charge is 0.315 e. The Kier molecular flexibility index (Phi) is 6.08. The van der Waals surface area contributed by atoms with Crippen molar-refractivity contribution in [3.8, 4) is 5.75 Å². The van der Waals surface area contributed by atoms with Crippen LogP contribution >= 0.6 is 0 Å². The molecule has 2 aliphatic rings. The molecule has 208 valence electrons. The van der Waals surface area contributed by atoms with Crippen LogP contribution in [0.2, 0.25) is 0 Å². The van der Waals surface area contributed by atoms with Crippen LogP contribution in [0.3, 0.4) is 0 Å². The summed E-state index contributed by atoms with van der Waals surface area (Å²) in [5, 5.41) is 0.866. The van der Waals surface area contributed by atoms with E-state index in [4.69, 9.17) is 9.47 Å². The lowest BCUT2D eigenvalue weighted by Crippen LogP contribution is -2.52. The summed E-state index contributed by atoms with van der Waals surface area (Å²) in [6.45, 7) is 1.94. The number of H-pyrrole nitrogens is 1. The third-order valence-corrected chi connectivity index (χ3v) is 8.97. The summed E-state index contributed by atoms with van der Waals surface area (Å²) in [5.41, 5.74) is 2.92. The van der Waals surface area contributed by atoms with Crippen LogP contribution in [0.1, 0.15) is 67.8 Å². The van der Waals surface area contributed by atoms with Gasteiger partial charge in [0.25, 0.3) is 0 Å². The van der Waals surface area contributed by atoms with Gasteiger partial charge < -0.3 is 14.5 Å². The van der Waals surface area contributed by atoms with Gasteiger partial charge in [-0.1, -0.05) is 84.9 Å². The van der Waals surface area contributed by atoms with Crippen molar-refractivity contribution in [1.29, 1.82) is 0 Å². The molecule has 0 saturated heterocycles. The van der Waals surface area contributed by atoms with E-state index < -0.39 is 29.1 Å². The molecule has 0 saturated carbocycles. The molecule has 1 spiro atoms. The van der Waals surface area contributed by atoms with Crippen LogP contribution in [-0.4, -0.2) is 36.2 Å². The van der Waals surface area contributed by atoms with E-state index in [-0.39, 0.29) is 18.2 Å². The van der Waals surface area contributed by atoms with Crippen LogP contribution < -0.4 is 4.74 Å². The van der Waals surface area contributed by atoms with Crippen LogP contribution in [0.25, 0.3) is 10.9 Å². The van der Waals surface area contributed by atoms with Crippen LogP contribution in [0, 0.1) is 5.41 Å². The number of benzene rings is 4. The highest BCUT2D eigenvalue weighted by molar-refractivity contribution is 6.31. The molecule has 6 nitrogen and oxygen atoms in total. The van der Waals surface area contributed by atoms with E-state index in [1.54, 1.807) is 38.3 Å². The quantitative estimate of drug-likeness (QED) is 0.190. The molecule has 0 fully saturated rings. The molecule has 4 aromatic carbocycles. The number of fused-ring (bicyclic) bond motifs is 4. The second kappa shape index (κ2) is 9.84. The zero-order valence-electron chi connectivity index (χ0n) is 23.3. The molecule has 1 heterocycles. The number of ether oxygens (including phenoxy) is 2. The third-order valence-electron chi connectivity index (χ3n) is 8.97. The van der Waals surface area contributed by atoms with E-state index in [9.17, 15) is 4.79 Å². The molecule has 0 aliphatic heterocycles. The van der Waals surface area contributed by atoms with E-state index in [1.165, 1.54) is 0 Å². The standard InChI is InChI=1S/C36H29NO5/c1-3-42-35(40)29-31(21-11-5-4-6-12-21)36(33(38)24-13-7-8-14-25(24)34(36)39)30(22-17-19-23(41-2)20-18-22)28-26-15-9-10-16-27(26)37-32(28)29/h4-20,29-31,37H,3H2,1-2H3/t29-,30-,31-/m1/s1. The van der Waals surface area contributed by atoms with E-state index in [1.807, 2.05) is 78.9 Å². The molecule has 1 N–H and O–H groups in total. The first-order valence-electron chi connectivity index (χ1n) is 14.2. The second-order valence-corrected chi connectivity index (χ2v) is 10.9. The van der Waals surface area contributed by atoms with Gasteiger partial charge >= 0.3 is 5.97 Å². The fraction of sp³-hybridized carbons (Fsp3) is 0.194. The van der Waals surface area contributed by atoms with Crippen molar-refractivity contribution in [3.63, 3.8) is 0 Å². The summed E-state index contributed by atoms with van der Waals surface area (Å²) in [6.07, 6.45) is 0. The summed E-state index contributed by atoms with van der Waals surface area (Å²) in [7, 11) is 1.60. The fourth-order valence-corrected chi connectivity index (χ4v) is 7.38.